The SMILES string of the molecule is C=Cc1nc(N)c(F)cc1N=C. The van der Waals surface area contributed by atoms with Gasteiger partial charge in [0.05, 0.1) is 11.4 Å². The Morgan fingerprint density at radius 1 is 1.67 bits per heavy atom. The molecule has 0 spiro atoms. The normalized spacial score (nSPS) is 9.42. The van der Waals surface area contributed by atoms with Crippen molar-refractivity contribution in [3.63, 3.8) is 0 Å². The van der Waals surface area contributed by atoms with Crippen LogP contribution in [0.15, 0.2) is 17.6 Å². The van der Waals surface area contributed by atoms with Crippen molar-refractivity contribution in [2.45, 2.75) is 0 Å². The molecule has 1 heterocycles. The molecular formula is C8H8FN3. The molecule has 1 aromatic heterocycles. The average molecular weight is 165 g/mol. The van der Waals surface area contributed by atoms with Gasteiger partial charge in [0, 0.05) is 6.07 Å². The molecule has 0 unspecified atom stereocenters. The first kappa shape index (κ1) is 8.39. The lowest BCUT2D eigenvalue weighted by atomic mass is 10.3. The number of nitrogens with zero attached hydrogens (tertiary/aromatic N) is 2. The minimum atomic E-state index is -0.594. The molecule has 0 radical (unpaired) electrons. The largest absolute Gasteiger partial charge is 0.381 e. The van der Waals surface area contributed by atoms with E-state index in [1.54, 1.807) is 0 Å². The maximum Gasteiger partial charge on any atom is 0.167 e. The predicted octanol–water partition coefficient (Wildman–Crippen LogP) is 1.78. The highest BCUT2D eigenvalue weighted by atomic mass is 19.1. The highest BCUT2D eigenvalue weighted by Gasteiger charge is 2.05. The average Bonchev–Trinajstić information content (AvgIpc) is 2.09. The van der Waals surface area contributed by atoms with Gasteiger partial charge in [0.1, 0.15) is 0 Å². The van der Waals surface area contributed by atoms with Crippen LogP contribution in [0, 0.1) is 5.82 Å². The lowest BCUT2D eigenvalue weighted by Gasteiger charge is -2.01. The molecule has 0 aliphatic heterocycles. The van der Waals surface area contributed by atoms with Gasteiger partial charge in [-0.3, -0.25) is 4.99 Å². The van der Waals surface area contributed by atoms with Crippen LogP contribution in [0.2, 0.25) is 0 Å². The molecule has 0 saturated carbocycles. The second-order valence-electron chi connectivity index (χ2n) is 2.12. The van der Waals surface area contributed by atoms with Gasteiger partial charge in [-0.2, -0.15) is 0 Å². The van der Waals surface area contributed by atoms with Gasteiger partial charge < -0.3 is 5.73 Å². The molecule has 1 rings (SSSR count). The van der Waals surface area contributed by atoms with Crippen molar-refractivity contribution in [2.24, 2.45) is 4.99 Å². The molecule has 0 aromatic carbocycles. The van der Waals surface area contributed by atoms with E-state index in [0.29, 0.717) is 11.4 Å². The van der Waals surface area contributed by atoms with Crippen LogP contribution in [0.3, 0.4) is 0 Å². The number of aromatic nitrogens is 1. The van der Waals surface area contributed by atoms with E-state index < -0.39 is 5.82 Å². The van der Waals surface area contributed by atoms with Crippen LogP contribution in [-0.4, -0.2) is 11.7 Å². The molecule has 12 heavy (non-hydrogen) atoms. The zero-order chi connectivity index (χ0) is 9.14. The molecule has 3 nitrogen and oxygen atoms in total. The maximum absolute atomic E-state index is 12.8. The summed E-state index contributed by atoms with van der Waals surface area (Å²) in [5.74, 6) is -0.750. The molecule has 0 fully saturated rings. The number of hydrogen-bond acceptors (Lipinski definition) is 3. The Bertz CT molecular complexity index is 300. The van der Waals surface area contributed by atoms with E-state index >= 15 is 0 Å². The Kier molecular flexibility index (Phi) is 2.19. The summed E-state index contributed by atoms with van der Waals surface area (Å²) >= 11 is 0. The highest BCUT2D eigenvalue weighted by Crippen LogP contribution is 2.21. The van der Waals surface area contributed by atoms with Gasteiger partial charge in [-0.05, 0) is 12.8 Å². The molecule has 2 N–H and O–H groups in total. The van der Waals surface area contributed by atoms with Gasteiger partial charge in [-0.1, -0.05) is 6.58 Å². The number of rotatable bonds is 2. The first-order chi connectivity index (χ1) is 5.69. The minimum Gasteiger partial charge on any atom is -0.381 e. The zero-order valence-corrected chi connectivity index (χ0v) is 6.42. The van der Waals surface area contributed by atoms with Crippen LogP contribution < -0.4 is 5.73 Å². The molecule has 62 valence electrons. The maximum atomic E-state index is 12.8. The molecular weight excluding hydrogens is 157 g/mol. The number of pyridine rings is 1. The summed E-state index contributed by atoms with van der Waals surface area (Å²) < 4.78 is 12.8. The summed E-state index contributed by atoms with van der Waals surface area (Å²) in [4.78, 5) is 7.28. The number of nitrogens with two attached hydrogens (primary N) is 1. The standard InChI is InChI=1S/C8H8FN3/c1-3-6-7(11-2)4-5(9)8(10)12-6/h3-4H,1-2H2,(H2,10,12). The van der Waals surface area contributed by atoms with Crippen LogP contribution in [-0.2, 0) is 0 Å². The molecule has 1 aromatic rings. The van der Waals surface area contributed by atoms with Crippen molar-refractivity contribution < 1.29 is 4.39 Å². The summed E-state index contributed by atoms with van der Waals surface area (Å²) in [6.45, 7) is 6.75. The summed E-state index contributed by atoms with van der Waals surface area (Å²) in [5.41, 5.74) is 6.00. The van der Waals surface area contributed by atoms with Gasteiger partial charge in [0.25, 0.3) is 0 Å². The van der Waals surface area contributed by atoms with Crippen LogP contribution in [0.5, 0.6) is 0 Å². The monoisotopic (exact) mass is 165 g/mol. The van der Waals surface area contributed by atoms with E-state index in [2.05, 4.69) is 23.3 Å². The molecule has 0 amide bonds. The Morgan fingerprint density at radius 2 is 2.33 bits per heavy atom. The van der Waals surface area contributed by atoms with E-state index in [0.717, 1.165) is 0 Å². The summed E-state index contributed by atoms with van der Waals surface area (Å²) in [7, 11) is 0. The lowest BCUT2D eigenvalue weighted by Crippen LogP contribution is -1.96. The number of nitrogen functional groups attached to an aromatic ring is 1. The number of anilines is 1. The molecule has 0 saturated heterocycles. The third-order valence-electron chi connectivity index (χ3n) is 1.38. The Balaban J connectivity index is 3.37. The van der Waals surface area contributed by atoms with E-state index in [-0.39, 0.29) is 5.82 Å². The highest BCUT2D eigenvalue weighted by molar-refractivity contribution is 5.63. The first-order valence-electron chi connectivity index (χ1n) is 3.24. The number of halogens is 1. The molecule has 0 aliphatic rings. The smallest absolute Gasteiger partial charge is 0.167 e. The topological polar surface area (TPSA) is 51.3 Å². The van der Waals surface area contributed by atoms with Crippen LogP contribution in [0.25, 0.3) is 6.08 Å². The Labute approximate surface area is 69.5 Å². The van der Waals surface area contributed by atoms with Crippen molar-refractivity contribution in [3.8, 4) is 0 Å². The summed E-state index contributed by atoms with van der Waals surface area (Å²) in [6, 6.07) is 1.17. The first-order valence-corrected chi connectivity index (χ1v) is 3.24. The molecule has 4 heteroatoms. The summed E-state index contributed by atoms with van der Waals surface area (Å²) in [6.07, 6.45) is 1.44. The fourth-order valence-electron chi connectivity index (χ4n) is 0.785. The van der Waals surface area contributed by atoms with Gasteiger partial charge in [0.15, 0.2) is 11.6 Å². The van der Waals surface area contributed by atoms with Crippen LogP contribution in [0.1, 0.15) is 5.69 Å². The van der Waals surface area contributed by atoms with Crippen LogP contribution >= 0.6 is 0 Å². The molecule has 0 bridgehead atoms. The molecule has 0 aliphatic carbocycles. The van der Waals surface area contributed by atoms with Crippen molar-refractivity contribution in [2.75, 3.05) is 5.73 Å². The van der Waals surface area contributed by atoms with E-state index in [1.165, 1.54) is 12.1 Å². The number of hydrogen-bond donors (Lipinski definition) is 1. The fourth-order valence-corrected chi connectivity index (χ4v) is 0.785. The fraction of sp³-hybridized carbons (Fsp3) is 0. The lowest BCUT2D eigenvalue weighted by molar-refractivity contribution is 0.627. The minimum absolute atomic E-state index is 0.155. The molecule has 0 atom stereocenters. The van der Waals surface area contributed by atoms with E-state index in [1.807, 2.05) is 0 Å². The van der Waals surface area contributed by atoms with Gasteiger partial charge >= 0.3 is 0 Å². The Morgan fingerprint density at radius 3 is 2.83 bits per heavy atom. The second kappa shape index (κ2) is 3.13. The van der Waals surface area contributed by atoms with E-state index in [4.69, 9.17) is 5.73 Å². The van der Waals surface area contributed by atoms with Crippen molar-refractivity contribution in [1.29, 1.82) is 0 Å². The van der Waals surface area contributed by atoms with Crippen LogP contribution in [0.4, 0.5) is 15.9 Å². The van der Waals surface area contributed by atoms with Gasteiger partial charge in [0.2, 0.25) is 0 Å². The van der Waals surface area contributed by atoms with Crippen molar-refractivity contribution in [1.82, 2.24) is 4.98 Å². The van der Waals surface area contributed by atoms with E-state index in [9.17, 15) is 4.39 Å². The quantitative estimate of drug-likeness (QED) is 0.679. The van der Waals surface area contributed by atoms with Gasteiger partial charge in [-0.15, -0.1) is 0 Å². The van der Waals surface area contributed by atoms with Crippen molar-refractivity contribution >= 4 is 24.3 Å². The third-order valence-corrected chi connectivity index (χ3v) is 1.38. The second-order valence-corrected chi connectivity index (χ2v) is 2.12. The zero-order valence-electron chi connectivity index (χ0n) is 6.42. The Hall–Kier alpha value is -1.71. The third kappa shape index (κ3) is 1.32. The number of aliphatic imine (C=N–C) groups is 1. The predicted molar refractivity (Wildman–Crippen MR) is 47.9 cm³/mol. The van der Waals surface area contributed by atoms with Gasteiger partial charge in [-0.25, -0.2) is 9.37 Å². The summed E-state index contributed by atoms with van der Waals surface area (Å²) in [5, 5.41) is 0. The van der Waals surface area contributed by atoms with Crippen molar-refractivity contribution in [3.05, 3.63) is 24.2 Å².